The predicted molar refractivity (Wildman–Crippen MR) is 117 cm³/mol. The Morgan fingerprint density at radius 3 is 2.58 bits per heavy atom. The zero-order valence-electron chi connectivity index (χ0n) is 16.8. The topological polar surface area (TPSA) is 114 Å². The number of carboxylic acid groups (broad SMARTS) is 1. The number of amides is 2. The molecule has 3 rings (SSSR count). The van der Waals surface area contributed by atoms with E-state index < -0.39 is 23.7 Å². The quantitative estimate of drug-likeness (QED) is 0.511. The second-order valence-corrected chi connectivity index (χ2v) is 7.60. The average molecular weight is 442 g/mol. The van der Waals surface area contributed by atoms with Crippen LogP contribution >= 0.6 is 11.8 Å². The molecular formula is C22H22N2O6S. The van der Waals surface area contributed by atoms with Crippen molar-refractivity contribution in [2.75, 3.05) is 25.3 Å². The van der Waals surface area contributed by atoms with Crippen LogP contribution in [0.1, 0.15) is 15.9 Å². The number of rotatable bonds is 9. The number of benzene rings is 2. The van der Waals surface area contributed by atoms with Crippen molar-refractivity contribution in [2.45, 2.75) is 0 Å². The molecule has 0 spiro atoms. The van der Waals surface area contributed by atoms with Crippen molar-refractivity contribution >= 4 is 35.6 Å². The predicted octanol–water partition coefficient (Wildman–Crippen LogP) is 2.37. The van der Waals surface area contributed by atoms with E-state index in [-0.39, 0.29) is 19.0 Å². The highest BCUT2D eigenvalue weighted by atomic mass is 32.2. The summed E-state index contributed by atoms with van der Waals surface area (Å²) in [6.45, 7) is 0.0568. The SMILES string of the molecule is CSC[C@H](CNC(=O)/C(=C\c1ccc2c(c1)OCO2)NC(=O)c1ccccc1)C(=O)O. The lowest BCUT2D eigenvalue weighted by Gasteiger charge is -2.14. The molecule has 8 nitrogen and oxygen atoms in total. The number of hydrogen-bond donors (Lipinski definition) is 3. The Hall–Kier alpha value is -3.46. The minimum Gasteiger partial charge on any atom is -0.481 e. The van der Waals surface area contributed by atoms with Crippen LogP contribution in [-0.4, -0.2) is 48.2 Å². The van der Waals surface area contributed by atoms with Gasteiger partial charge >= 0.3 is 5.97 Å². The molecular weight excluding hydrogens is 420 g/mol. The number of aliphatic carboxylic acids is 1. The van der Waals surface area contributed by atoms with E-state index in [0.717, 1.165) is 0 Å². The first-order chi connectivity index (χ1) is 15.0. The van der Waals surface area contributed by atoms with E-state index in [0.29, 0.717) is 28.4 Å². The van der Waals surface area contributed by atoms with Crippen LogP contribution in [0.5, 0.6) is 11.5 Å². The Kier molecular flexibility index (Phi) is 7.55. The van der Waals surface area contributed by atoms with Crippen molar-refractivity contribution in [1.29, 1.82) is 0 Å². The molecule has 0 saturated heterocycles. The molecule has 2 aromatic rings. The monoisotopic (exact) mass is 442 g/mol. The molecule has 1 heterocycles. The third-order valence-electron chi connectivity index (χ3n) is 4.46. The summed E-state index contributed by atoms with van der Waals surface area (Å²) in [5.74, 6) is -1.30. The maximum Gasteiger partial charge on any atom is 0.309 e. The highest BCUT2D eigenvalue weighted by Gasteiger charge is 2.21. The molecule has 2 aromatic carbocycles. The number of hydrogen-bond acceptors (Lipinski definition) is 6. The Morgan fingerprint density at radius 2 is 1.87 bits per heavy atom. The van der Waals surface area contributed by atoms with Gasteiger partial charge < -0.3 is 25.2 Å². The van der Waals surface area contributed by atoms with Crippen molar-refractivity contribution in [2.24, 2.45) is 5.92 Å². The molecule has 0 fully saturated rings. The smallest absolute Gasteiger partial charge is 0.309 e. The lowest BCUT2D eigenvalue weighted by atomic mass is 10.1. The zero-order valence-corrected chi connectivity index (χ0v) is 17.6. The molecule has 0 saturated carbocycles. The first kappa shape index (κ1) is 22.2. The van der Waals surface area contributed by atoms with E-state index in [1.54, 1.807) is 54.8 Å². The van der Waals surface area contributed by atoms with Gasteiger partial charge in [0.2, 0.25) is 6.79 Å². The van der Waals surface area contributed by atoms with E-state index in [1.165, 1.54) is 17.8 Å². The second kappa shape index (κ2) is 10.5. The molecule has 0 unspecified atom stereocenters. The van der Waals surface area contributed by atoms with E-state index >= 15 is 0 Å². The van der Waals surface area contributed by atoms with Gasteiger partial charge in [-0.05, 0) is 42.2 Å². The summed E-state index contributed by atoms with van der Waals surface area (Å²) in [5, 5.41) is 14.5. The summed E-state index contributed by atoms with van der Waals surface area (Å²) < 4.78 is 10.6. The largest absolute Gasteiger partial charge is 0.481 e. The number of ether oxygens (including phenoxy) is 2. The first-order valence-electron chi connectivity index (χ1n) is 9.45. The number of fused-ring (bicyclic) bond motifs is 1. The molecule has 162 valence electrons. The minimum atomic E-state index is -0.996. The van der Waals surface area contributed by atoms with Crippen molar-refractivity contribution in [1.82, 2.24) is 10.6 Å². The van der Waals surface area contributed by atoms with Crippen LogP contribution < -0.4 is 20.1 Å². The van der Waals surface area contributed by atoms with Gasteiger partial charge in [-0.15, -0.1) is 0 Å². The molecule has 0 aromatic heterocycles. The summed E-state index contributed by atoms with van der Waals surface area (Å²) in [7, 11) is 0. The first-order valence-corrected chi connectivity index (χ1v) is 10.8. The van der Waals surface area contributed by atoms with E-state index in [2.05, 4.69) is 10.6 Å². The lowest BCUT2D eigenvalue weighted by Crippen LogP contribution is -2.39. The van der Waals surface area contributed by atoms with Crippen molar-refractivity contribution in [3.05, 3.63) is 65.4 Å². The summed E-state index contributed by atoms with van der Waals surface area (Å²) in [6, 6.07) is 13.6. The maximum absolute atomic E-state index is 12.8. The standard InChI is InChI=1S/C22H22N2O6S/c1-31-12-16(22(27)28)11-23-21(26)17(24-20(25)15-5-3-2-4-6-15)9-14-7-8-18-19(10-14)30-13-29-18/h2-10,16H,11-13H2,1H3,(H,23,26)(H,24,25)(H,27,28)/b17-9+/t16-/m0/s1. The number of carbonyl (C=O) groups is 3. The van der Waals surface area contributed by atoms with Gasteiger partial charge in [0.25, 0.3) is 11.8 Å². The summed E-state index contributed by atoms with van der Waals surface area (Å²) in [5.41, 5.74) is 0.986. The van der Waals surface area contributed by atoms with Gasteiger partial charge in [-0.25, -0.2) is 0 Å². The molecule has 2 amide bonds. The fourth-order valence-electron chi connectivity index (χ4n) is 2.84. The normalized spacial score (nSPS) is 13.4. The van der Waals surface area contributed by atoms with Gasteiger partial charge in [-0.3, -0.25) is 14.4 Å². The lowest BCUT2D eigenvalue weighted by molar-refractivity contribution is -0.140. The summed E-state index contributed by atoms with van der Waals surface area (Å²) >= 11 is 1.38. The Balaban J connectivity index is 1.82. The molecule has 0 aliphatic carbocycles. The Bertz CT molecular complexity index is 993. The van der Waals surface area contributed by atoms with Gasteiger partial charge in [-0.1, -0.05) is 24.3 Å². The molecule has 0 bridgehead atoms. The fraction of sp³-hybridized carbons (Fsp3) is 0.227. The van der Waals surface area contributed by atoms with Gasteiger partial charge in [0, 0.05) is 17.9 Å². The van der Waals surface area contributed by atoms with Gasteiger partial charge in [-0.2, -0.15) is 11.8 Å². The number of nitrogens with one attached hydrogen (secondary N) is 2. The minimum absolute atomic E-state index is 0.0130. The molecule has 31 heavy (non-hydrogen) atoms. The molecule has 1 atom stereocenters. The van der Waals surface area contributed by atoms with E-state index in [9.17, 15) is 19.5 Å². The summed E-state index contributed by atoms with van der Waals surface area (Å²) in [4.78, 5) is 36.8. The zero-order chi connectivity index (χ0) is 22.2. The van der Waals surface area contributed by atoms with Crippen molar-refractivity contribution in [3.8, 4) is 11.5 Å². The van der Waals surface area contributed by atoms with E-state index in [1.807, 2.05) is 0 Å². The van der Waals surface area contributed by atoms with Gasteiger partial charge in [0.1, 0.15) is 5.70 Å². The molecule has 0 radical (unpaired) electrons. The number of carbonyl (C=O) groups excluding carboxylic acids is 2. The Labute approximate surface area is 183 Å². The summed E-state index contributed by atoms with van der Waals surface area (Å²) in [6.07, 6.45) is 3.30. The second-order valence-electron chi connectivity index (χ2n) is 6.69. The third kappa shape index (κ3) is 6.02. The van der Waals surface area contributed by atoms with Crippen LogP contribution in [0.3, 0.4) is 0 Å². The Morgan fingerprint density at radius 1 is 1.13 bits per heavy atom. The van der Waals surface area contributed by atoms with Gasteiger partial charge in [0.15, 0.2) is 11.5 Å². The van der Waals surface area contributed by atoms with Crippen LogP contribution in [0.25, 0.3) is 6.08 Å². The molecule has 9 heteroatoms. The van der Waals surface area contributed by atoms with E-state index in [4.69, 9.17) is 9.47 Å². The number of carboxylic acids is 1. The van der Waals surface area contributed by atoms with Crippen LogP contribution in [0, 0.1) is 5.92 Å². The van der Waals surface area contributed by atoms with Crippen LogP contribution in [0.2, 0.25) is 0 Å². The van der Waals surface area contributed by atoms with Gasteiger partial charge in [0.05, 0.1) is 5.92 Å². The highest BCUT2D eigenvalue weighted by molar-refractivity contribution is 7.98. The highest BCUT2D eigenvalue weighted by Crippen LogP contribution is 2.33. The van der Waals surface area contributed by atoms with Crippen LogP contribution in [0.4, 0.5) is 0 Å². The van der Waals surface area contributed by atoms with Crippen molar-refractivity contribution in [3.63, 3.8) is 0 Å². The molecule has 1 aliphatic heterocycles. The molecule has 1 aliphatic rings. The average Bonchev–Trinajstić information content (AvgIpc) is 3.24. The molecule has 3 N–H and O–H groups in total. The van der Waals surface area contributed by atoms with Crippen LogP contribution in [0.15, 0.2) is 54.2 Å². The van der Waals surface area contributed by atoms with Crippen molar-refractivity contribution < 1.29 is 29.0 Å². The van der Waals surface area contributed by atoms with Crippen LogP contribution in [-0.2, 0) is 9.59 Å². The maximum atomic E-state index is 12.8. The third-order valence-corrected chi connectivity index (χ3v) is 5.20. The number of thioether (sulfide) groups is 1. The fourth-order valence-corrected chi connectivity index (χ4v) is 3.50.